The molecule has 1 spiro atoms. The fraction of sp³-hybridized carbons (Fsp3) is 0.667. The van der Waals surface area contributed by atoms with Crippen LogP contribution >= 0.6 is 0 Å². The molecule has 0 atom stereocenters. The van der Waals surface area contributed by atoms with Gasteiger partial charge in [-0.15, -0.1) is 0 Å². The average molecular weight is 359 g/mol. The summed E-state index contributed by atoms with van der Waals surface area (Å²) < 4.78 is 0. The zero-order chi connectivity index (χ0) is 18.1. The molecule has 0 bridgehead atoms. The van der Waals surface area contributed by atoms with Crippen LogP contribution in [0.4, 0.5) is 10.7 Å². The average Bonchev–Trinajstić information content (AvgIpc) is 2.90. The van der Waals surface area contributed by atoms with Crippen molar-refractivity contribution in [2.24, 2.45) is 5.92 Å². The lowest BCUT2D eigenvalue weighted by molar-refractivity contribution is -0.907. The molecule has 140 valence electrons. The number of imide groups is 1. The second kappa shape index (κ2) is 6.83. The molecule has 3 heterocycles. The predicted molar refractivity (Wildman–Crippen MR) is 95.5 cm³/mol. The summed E-state index contributed by atoms with van der Waals surface area (Å²) in [7, 11) is 0. The monoisotopic (exact) mass is 359 g/mol. The quantitative estimate of drug-likeness (QED) is 0.720. The molecule has 0 aromatic carbocycles. The number of urea groups is 1. The number of carbonyl (C=O) groups is 2. The van der Waals surface area contributed by atoms with Crippen molar-refractivity contribution in [1.82, 2.24) is 20.2 Å². The van der Waals surface area contributed by atoms with Crippen molar-refractivity contribution >= 4 is 17.9 Å². The van der Waals surface area contributed by atoms with Crippen LogP contribution in [0, 0.1) is 5.92 Å². The van der Waals surface area contributed by atoms with Gasteiger partial charge in [0.15, 0.2) is 6.67 Å². The molecule has 1 aliphatic carbocycles. The highest BCUT2D eigenvalue weighted by Gasteiger charge is 2.53. The maximum absolute atomic E-state index is 13.0. The van der Waals surface area contributed by atoms with E-state index in [0.29, 0.717) is 12.6 Å². The molecule has 0 unspecified atom stereocenters. The van der Waals surface area contributed by atoms with Crippen molar-refractivity contribution < 1.29 is 14.5 Å². The van der Waals surface area contributed by atoms with E-state index in [0.717, 1.165) is 57.8 Å². The number of aromatic nitrogens is 2. The SMILES string of the molecule is CC1CCC2(CC1)NC(=O)N(C[NH+]1CCN(c3ncccn3)CC1)C2=O. The van der Waals surface area contributed by atoms with Crippen molar-refractivity contribution in [2.75, 3.05) is 37.7 Å². The molecule has 2 aliphatic heterocycles. The fourth-order valence-corrected chi connectivity index (χ4v) is 4.27. The Balaban J connectivity index is 1.35. The van der Waals surface area contributed by atoms with E-state index < -0.39 is 5.54 Å². The molecule has 3 fully saturated rings. The number of amides is 3. The molecule has 8 heteroatoms. The Labute approximate surface area is 153 Å². The van der Waals surface area contributed by atoms with Gasteiger partial charge in [-0.2, -0.15) is 0 Å². The third-order valence-electron chi connectivity index (χ3n) is 6.06. The first kappa shape index (κ1) is 17.2. The van der Waals surface area contributed by atoms with E-state index in [4.69, 9.17) is 0 Å². The number of piperazine rings is 1. The summed E-state index contributed by atoms with van der Waals surface area (Å²) in [4.78, 5) is 38.8. The number of rotatable bonds is 3. The molecule has 8 nitrogen and oxygen atoms in total. The molecule has 0 radical (unpaired) electrons. The van der Waals surface area contributed by atoms with Gasteiger partial charge >= 0.3 is 6.03 Å². The first-order chi connectivity index (χ1) is 12.6. The first-order valence-corrected chi connectivity index (χ1v) is 9.57. The maximum atomic E-state index is 13.0. The standard InChI is InChI=1S/C18H26N6O2/c1-14-3-5-18(6-4-14)15(25)24(17(26)21-18)13-22-9-11-23(12-10-22)16-19-7-2-8-20-16/h2,7-8,14H,3-6,9-13H2,1H3,(H,21,26)/p+1. The Morgan fingerprint density at radius 2 is 1.85 bits per heavy atom. The Kier molecular flexibility index (Phi) is 4.52. The van der Waals surface area contributed by atoms with Gasteiger partial charge < -0.3 is 15.1 Å². The lowest BCUT2D eigenvalue weighted by atomic mass is 9.77. The fourth-order valence-electron chi connectivity index (χ4n) is 4.27. The highest BCUT2D eigenvalue weighted by atomic mass is 16.2. The molecule has 1 saturated carbocycles. The lowest BCUT2D eigenvalue weighted by Crippen LogP contribution is -3.16. The van der Waals surface area contributed by atoms with Crippen LogP contribution in [0.1, 0.15) is 32.6 Å². The van der Waals surface area contributed by atoms with Crippen LogP contribution in [0.3, 0.4) is 0 Å². The predicted octanol–water partition coefficient (Wildman–Crippen LogP) is -0.360. The van der Waals surface area contributed by atoms with Crippen LogP contribution in [0.25, 0.3) is 0 Å². The molecule has 2 saturated heterocycles. The molecule has 1 aromatic rings. The van der Waals surface area contributed by atoms with E-state index in [2.05, 4.69) is 27.1 Å². The van der Waals surface area contributed by atoms with Crippen LogP contribution in [-0.2, 0) is 4.79 Å². The minimum atomic E-state index is -0.636. The van der Waals surface area contributed by atoms with E-state index in [-0.39, 0.29) is 11.9 Å². The van der Waals surface area contributed by atoms with Crippen LogP contribution in [0.15, 0.2) is 18.5 Å². The molecular weight excluding hydrogens is 332 g/mol. The van der Waals surface area contributed by atoms with Gasteiger partial charge in [-0.05, 0) is 37.7 Å². The number of hydrogen-bond acceptors (Lipinski definition) is 5. The zero-order valence-electron chi connectivity index (χ0n) is 15.3. The Bertz CT molecular complexity index is 666. The Hall–Kier alpha value is -2.22. The zero-order valence-corrected chi connectivity index (χ0v) is 15.3. The van der Waals surface area contributed by atoms with Gasteiger partial charge in [-0.3, -0.25) is 4.79 Å². The van der Waals surface area contributed by atoms with E-state index in [9.17, 15) is 9.59 Å². The first-order valence-electron chi connectivity index (χ1n) is 9.57. The summed E-state index contributed by atoms with van der Waals surface area (Å²) in [6, 6.07) is 1.59. The van der Waals surface area contributed by atoms with Gasteiger partial charge in [0.05, 0.1) is 26.2 Å². The maximum Gasteiger partial charge on any atom is 0.329 e. The van der Waals surface area contributed by atoms with Gasteiger partial charge in [0, 0.05) is 12.4 Å². The second-order valence-electron chi connectivity index (χ2n) is 7.87. The Morgan fingerprint density at radius 1 is 1.19 bits per heavy atom. The van der Waals surface area contributed by atoms with Crippen LogP contribution < -0.4 is 15.1 Å². The highest BCUT2D eigenvalue weighted by Crippen LogP contribution is 2.35. The van der Waals surface area contributed by atoms with E-state index in [1.54, 1.807) is 12.4 Å². The third kappa shape index (κ3) is 3.13. The van der Waals surface area contributed by atoms with Gasteiger partial charge in [-0.1, -0.05) is 6.92 Å². The molecule has 26 heavy (non-hydrogen) atoms. The number of nitrogens with one attached hydrogen (secondary N) is 2. The van der Waals surface area contributed by atoms with Gasteiger partial charge in [0.2, 0.25) is 5.95 Å². The number of anilines is 1. The van der Waals surface area contributed by atoms with Crippen LogP contribution in [-0.4, -0.2) is 65.2 Å². The molecule has 2 N–H and O–H groups in total. The summed E-state index contributed by atoms with van der Waals surface area (Å²) in [5, 5.41) is 3.01. The summed E-state index contributed by atoms with van der Waals surface area (Å²) >= 11 is 0. The van der Waals surface area contributed by atoms with Crippen molar-refractivity contribution in [3.63, 3.8) is 0 Å². The minimum absolute atomic E-state index is 0.0178. The molecule has 1 aromatic heterocycles. The third-order valence-corrected chi connectivity index (χ3v) is 6.06. The highest BCUT2D eigenvalue weighted by molar-refractivity contribution is 6.06. The normalized spacial score (nSPS) is 30.1. The van der Waals surface area contributed by atoms with Crippen molar-refractivity contribution in [2.45, 2.75) is 38.1 Å². The molecule has 4 rings (SSSR count). The lowest BCUT2D eigenvalue weighted by Gasteiger charge is -2.35. The number of hydrogen-bond donors (Lipinski definition) is 2. The largest absolute Gasteiger partial charge is 0.330 e. The summed E-state index contributed by atoms with van der Waals surface area (Å²) in [5.41, 5.74) is -0.636. The Morgan fingerprint density at radius 3 is 2.50 bits per heavy atom. The molecule has 3 amide bonds. The van der Waals surface area contributed by atoms with E-state index in [1.165, 1.54) is 9.80 Å². The summed E-state index contributed by atoms with van der Waals surface area (Å²) in [6.07, 6.45) is 7.04. The molecular formula is C18H27N6O2+. The van der Waals surface area contributed by atoms with E-state index in [1.807, 2.05) is 6.07 Å². The van der Waals surface area contributed by atoms with E-state index >= 15 is 0 Å². The number of carbonyl (C=O) groups excluding carboxylic acids is 2. The number of quaternary nitrogens is 1. The number of nitrogens with zero attached hydrogens (tertiary/aromatic N) is 4. The van der Waals surface area contributed by atoms with Crippen LogP contribution in [0.5, 0.6) is 0 Å². The van der Waals surface area contributed by atoms with Crippen molar-refractivity contribution in [3.05, 3.63) is 18.5 Å². The van der Waals surface area contributed by atoms with Crippen molar-refractivity contribution in [1.29, 1.82) is 0 Å². The smallest absolute Gasteiger partial charge is 0.329 e. The molecule has 3 aliphatic rings. The second-order valence-corrected chi connectivity index (χ2v) is 7.87. The van der Waals surface area contributed by atoms with Crippen molar-refractivity contribution in [3.8, 4) is 0 Å². The van der Waals surface area contributed by atoms with Gasteiger partial charge in [0.1, 0.15) is 5.54 Å². The van der Waals surface area contributed by atoms with Crippen LogP contribution in [0.2, 0.25) is 0 Å². The minimum Gasteiger partial charge on any atom is -0.330 e. The topological polar surface area (TPSA) is 82.9 Å². The summed E-state index contributed by atoms with van der Waals surface area (Å²) in [5.74, 6) is 1.37. The summed E-state index contributed by atoms with van der Waals surface area (Å²) in [6.45, 7) is 6.04. The van der Waals surface area contributed by atoms with Gasteiger partial charge in [0.25, 0.3) is 5.91 Å². The van der Waals surface area contributed by atoms with Gasteiger partial charge in [-0.25, -0.2) is 19.7 Å².